The number of hydrogen-bond donors (Lipinski definition) is 1. The molecule has 1 aromatic heterocycles. The summed E-state index contributed by atoms with van der Waals surface area (Å²) < 4.78 is 0. The first-order chi connectivity index (χ1) is 16.7. The van der Waals surface area contributed by atoms with E-state index in [1.165, 1.54) is 11.3 Å². The zero-order valence-corrected chi connectivity index (χ0v) is 21.3. The average molecular weight is 475 g/mol. The van der Waals surface area contributed by atoms with Gasteiger partial charge in [-0.3, -0.25) is 14.6 Å². The molecule has 1 spiro atoms. The van der Waals surface area contributed by atoms with Crippen molar-refractivity contribution in [3.63, 3.8) is 0 Å². The third kappa shape index (κ3) is 5.21. The number of piperidine rings is 1. The standard InChI is InChI=1S/C29H38N4O2/c1-28(2,3)19-26(34)31-25-7-6-21-4-5-22(18-24(21)25)27(35)33-17-12-29(20-33)10-15-32(16-11-29)23-8-13-30-14-9-23/h4-5,8-9,13-14,18,25H,6-7,10-12,15-17,19-20H2,1-3H3,(H,31,34). The fraction of sp³-hybridized carbons (Fsp3) is 0.552. The molecular formula is C29H38N4O2. The van der Waals surface area contributed by atoms with Crippen molar-refractivity contribution < 1.29 is 9.59 Å². The topological polar surface area (TPSA) is 65.5 Å². The van der Waals surface area contributed by atoms with E-state index < -0.39 is 0 Å². The number of fused-ring (bicyclic) bond motifs is 1. The number of aryl methyl sites for hydroxylation is 1. The number of pyridine rings is 1. The van der Waals surface area contributed by atoms with Gasteiger partial charge in [0, 0.05) is 56.2 Å². The molecule has 5 rings (SSSR count). The van der Waals surface area contributed by atoms with E-state index in [9.17, 15) is 9.59 Å². The van der Waals surface area contributed by atoms with Crippen LogP contribution in [0.4, 0.5) is 5.69 Å². The van der Waals surface area contributed by atoms with Crippen molar-refractivity contribution in [3.8, 4) is 0 Å². The Kier molecular flexibility index (Phi) is 6.32. The summed E-state index contributed by atoms with van der Waals surface area (Å²) in [5.41, 5.74) is 4.57. The van der Waals surface area contributed by atoms with Crippen LogP contribution < -0.4 is 10.2 Å². The highest BCUT2D eigenvalue weighted by atomic mass is 16.2. The predicted octanol–water partition coefficient (Wildman–Crippen LogP) is 4.75. The lowest BCUT2D eigenvalue weighted by atomic mass is 9.77. The van der Waals surface area contributed by atoms with Gasteiger partial charge in [0.05, 0.1) is 6.04 Å². The highest BCUT2D eigenvalue weighted by molar-refractivity contribution is 5.95. The minimum Gasteiger partial charge on any atom is -0.371 e. The van der Waals surface area contributed by atoms with Crippen molar-refractivity contribution in [1.29, 1.82) is 0 Å². The van der Waals surface area contributed by atoms with Gasteiger partial charge in [0.25, 0.3) is 5.91 Å². The number of nitrogens with zero attached hydrogens (tertiary/aromatic N) is 3. The first-order valence-corrected chi connectivity index (χ1v) is 13.1. The van der Waals surface area contributed by atoms with Crippen molar-refractivity contribution in [2.45, 2.75) is 65.3 Å². The van der Waals surface area contributed by atoms with Gasteiger partial charge in [-0.2, -0.15) is 0 Å². The van der Waals surface area contributed by atoms with E-state index in [2.05, 4.69) is 59.1 Å². The third-order valence-electron chi connectivity index (χ3n) is 8.07. The number of benzene rings is 1. The largest absolute Gasteiger partial charge is 0.371 e. The average Bonchev–Trinajstić information content (AvgIpc) is 3.42. The van der Waals surface area contributed by atoms with E-state index in [0.29, 0.717) is 6.42 Å². The zero-order chi connectivity index (χ0) is 24.6. The summed E-state index contributed by atoms with van der Waals surface area (Å²) in [4.78, 5) is 34.7. The molecule has 0 saturated carbocycles. The van der Waals surface area contributed by atoms with Gasteiger partial charge in [-0.15, -0.1) is 0 Å². The lowest BCUT2D eigenvalue weighted by Crippen LogP contribution is -2.42. The summed E-state index contributed by atoms with van der Waals surface area (Å²) in [5.74, 6) is 0.222. The molecule has 0 bridgehead atoms. The molecular weight excluding hydrogens is 436 g/mol. The molecule has 1 aromatic carbocycles. The van der Waals surface area contributed by atoms with Crippen LogP contribution in [0.25, 0.3) is 0 Å². The van der Waals surface area contributed by atoms with Gasteiger partial charge in [0.15, 0.2) is 0 Å². The predicted molar refractivity (Wildman–Crippen MR) is 138 cm³/mol. The van der Waals surface area contributed by atoms with E-state index in [1.54, 1.807) is 0 Å². The van der Waals surface area contributed by atoms with Crippen molar-refractivity contribution in [2.75, 3.05) is 31.1 Å². The molecule has 35 heavy (non-hydrogen) atoms. The number of likely N-dealkylation sites (tertiary alicyclic amines) is 1. The second-order valence-corrected chi connectivity index (χ2v) is 12.0. The van der Waals surface area contributed by atoms with E-state index >= 15 is 0 Å². The highest BCUT2D eigenvalue weighted by Crippen LogP contribution is 2.42. The van der Waals surface area contributed by atoms with Crippen LogP contribution in [0.3, 0.4) is 0 Å². The Morgan fingerprint density at radius 3 is 2.49 bits per heavy atom. The summed E-state index contributed by atoms with van der Waals surface area (Å²) in [5, 5.41) is 3.22. The van der Waals surface area contributed by atoms with Crippen molar-refractivity contribution in [1.82, 2.24) is 15.2 Å². The van der Waals surface area contributed by atoms with Crippen LogP contribution in [0.2, 0.25) is 0 Å². The fourth-order valence-electron chi connectivity index (χ4n) is 6.11. The van der Waals surface area contributed by atoms with Gasteiger partial charge in [0.2, 0.25) is 5.91 Å². The number of carbonyl (C=O) groups excluding carboxylic acids is 2. The second kappa shape index (κ2) is 9.29. The number of anilines is 1. The zero-order valence-electron chi connectivity index (χ0n) is 21.3. The highest BCUT2D eigenvalue weighted by Gasteiger charge is 2.42. The fourth-order valence-corrected chi connectivity index (χ4v) is 6.11. The lowest BCUT2D eigenvalue weighted by molar-refractivity contribution is -0.123. The number of aromatic nitrogens is 1. The Bertz CT molecular complexity index is 1080. The van der Waals surface area contributed by atoms with Gasteiger partial charge in [-0.25, -0.2) is 0 Å². The van der Waals surface area contributed by atoms with Crippen LogP contribution in [0.15, 0.2) is 42.7 Å². The molecule has 186 valence electrons. The molecule has 0 radical (unpaired) electrons. The van der Waals surface area contributed by atoms with Crippen LogP contribution in [0.1, 0.15) is 80.4 Å². The second-order valence-electron chi connectivity index (χ2n) is 12.0. The van der Waals surface area contributed by atoms with E-state index in [0.717, 1.165) is 69.4 Å². The molecule has 1 atom stereocenters. The number of amides is 2. The SMILES string of the molecule is CC(C)(C)CC(=O)NC1CCc2ccc(C(=O)N3CCC4(CCN(c5ccncc5)CC4)C3)cc21. The number of nitrogens with one attached hydrogen (secondary N) is 1. The maximum Gasteiger partial charge on any atom is 0.253 e. The smallest absolute Gasteiger partial charge is 0.253 e. The van der Waals surface area contributed by atoms with E-state index in [4.69, 9.17) is 0 Å². The molecule has 2 saturated heterocycles. The number of carbonyl (C=O) groups is 2. The Labute approximate surface area is 209 Å². The number of rotatable bonds is 4. The van der Waals surface area contributed by atoms with Crippen LogP contribution in [0.5, 0.6) is 0 Å². The Balaban J connectivity index is 1.22. The van der Waals surface area contributed by atoms with Gasteiger partial charge < -0.3 is 15.1 Å². The van der Waals surface area contributed by atoms with Gasteiger partial charge >= 0.3 is 0 Å². The monoisotopic (exact) mass is 474 g/mol. The van der Waals surface area contributed by atoms with Gasteiger partial charge in [-0.1, -0.05) is 26.8 Å². The van der Waals surface area contributed by atoms with E-state index in [-0.39, 0.29) is 28.7 Å². The first-order valence-electron chi connectivity index (χ1n) is 13.1. The molecule has 1 unspecified atom stereocenters. The Morgan fingerprint density at radius 1 is 1.06 bits per heavy atom. The third-order valence-corrected chi connectivity index (χ3v) is 8.07. The van der Waals surface area contributed by atoms with Crippen LogP contribution in [-0.2, 0) is 11.2 Å². The Morgan fingerprint density at radius 2 is 1.77 bits per heavy atom. The summed E-state index contributed by atoms with van der Waals surface area (Å²) in [6.07, 6.45) is 9.38. The van der Waals surface area contributed by atoms with Crippen molar-refractivity contribution in [3.05, 3.63) is 59.4 Å². The summed E-state index contributed by atoms with van der Waals surface area (Å²) in [6.45, 7) is 9.98. The molecule has 3 aliphatic rings. The molecule has 3 heterocycles. The normalized spacial score (nSPS) is 21.3. The van der Waals surface area contributed by atoms with Crippen LogP contribution in [0, 0.1) is 10.8 Å². The maximum atomic E-state index is 13.5. The van der Waals surface area contributed by atoms with Crippen molar-refractivity contribution in [2.24, 2.45) is 10.8 Å². The molecule has 6 heteroatoms. The van der Waals surface area contributed by atoms with Gasteiger partial charge in [-0.05, 0) is 78.3 Å². The Hall–Kier alpha value is -2.89. The molecule has 6 nitrogen and oxygen atoms in total. The van der Waals surface area contributed by atoms with Crippen LogP contribution >= 0.6 is 0 Å². The van der Waals surface area contributed by atoms with Crippen LogP contribution in [-0.4, -0.2) is 47.9 Å². The van der Waals surface area contributed by atoms with Gasteiger partial charge in [0.1, 0.15) is 0 Å². The van der Waals surface area contributed by atoms with Crippen molar-refractivity contribution >= 4 is 17.5 Å². The lowest BCUT2D eigenvalue weighted by Gasteiger charge is -2.40. The molecule has 1 N–H and O–H groups in total. The minimum atomic E-state index is -0.0382. The summed E-state index contributed by atoms with van der Waals surface area (Å²) in [7, 11) is 0. The summed E-state index contributed by atoms with van der Waals surface area (Å²) >= 11 is 0. The molecule has 1 aliphatic carbocycles. The number of hydrogen-bond acceptors (Lipinski definition) is 4. The van der Waals surface area contributed by atoms with E-state index in [1.807, 2.05) is 24.5 Å². The molecule has 2 aromatic rings. The molecule has 2 amide bonds. The minimum absolute atomic E-state index is 0.00929. The molecule has 2 aliphatic heterocycles. The quantitative estimate of drug-likeness (QED) is 0.694. The molecule has 2 fully saturated rings. The first kappa shape index (κ1) is 23.8. The maximum absolute atomic E-state index is 13.5. The summed E-state index contributed by atoms with van der Waals surface area (Å²) in [6, 6.07) is 10.3.